The first kappa shape index (κ1) is 18.9. The first-order valence-corrected chi connectivity index (χ1v) is 8.99. The van der Waals surface area contributed by atoms with Crippen molar-refractivity contribution >= 4 is 18.5 Å². The highest BCUT2D eigenvalue weighted by Crippen LogP contribution is 2.31. The van der Waals surface area contributed by atoms with Crippen LogP contribution < -0.4 is 14.8 Å². The summed E-state index contributed by atoms with van der Waals surface area (Å²) in [6.07, 6.45) is 3.46. The standard InChI is InChI=1S/C18H28N2O3S/c1-4-7-20-8-5-13(6-9-20)12-19-18(21)17-15(23-3)10-14(22-2)11-16(17)24/h10-11,13,24H,4-9,12H2,1-3H3,(H,19,21). The molecule has 0 spiro atoms. The number of methoxy groups -OCH3 is 2. The van der Waals surface area contributed by atoms with E-state index in [4.69, 9.17) is 9.47 Å². The Bertz CT molecular complexity index is 557. The molecule has 1 fully saturated rings. The second kappa shape index (κ2) is 9.18. The van der Waals surface area contributed by atoms with E-state index in [-0.39, 0.29) is 5.91 Å². The molecule has 0 aromatic heterocycles. The van der Waals surface area contributed by atoms with Crippen LogP contribution >= 0.6 is 12.6 Å². The monoisotopic (exact) mass is 352 g/mol. The van der Waals surface area contributed by atoms with Gasteiger partial charge in [-0.2, -0.15) is 0 Å². The molecule has 1 amide bonds. The molecule has 1 aromatic rings. The van der Waals surface area contributed by atoms with Crippen molar-refractivity contribution in [3.63, 3.8) is 0 Å². The molecule has 0 unspecified atom stereocenters. The highest BCUT2D eigenvalue weighted by molar-refractivity contribution is 7.80. The van der Waals surface area contributed by atoms with E-state index in [0.29, 0.717) is 34.4 Å². The number of rotatable bonds is 7. The normalized spacial score (nSPS) is 16.0. The van der Waals surface area contributed by atoms with Crippen LogP contribution in [0.2, 0.25) is 0 Å². The van der Waals surface area contributed by atoms with Crippen LogP contribution in [0.15, 0.2) is 17.0 Å². The minimum absolute atomic E-state index is 0.143. The molecule has 0 atom stereocenters. The van der Waals surface area contributed by atoms with Crippen molar-refractivity contribution in [3.8, 4) is 11.5 Å². The van der Waals surface area contributed by atoms with Crippen LogP contribution in [0.5, 0.6) is 11.5 Å². The minimum atomic E-state index is -0.143. The number of nitrogens with one attached hydrogen (secondary N) is 1. The lowest BCUT2D eigenvalue weighted by Gasteiger charge is -2.31. The number of hydrogen-bond donors (Lipinski definition) is 2. The zero-order valence-corrected chi connectivity index (χ0v) is 15.7. The molecule has 0 aliphatic carbocycles. The van der Waals surface area contributed by atoms with Crippen molar-refractivity contribution < 1.29 is 14.3 Å². The Hall–Kier alpha value is -1.40. The average molecular weight is 353 g/mol. The van der Waals surface area contributed by atoms with Gasteiger partial charge in [0.25, 0.3) is 5.91 Å². The lowest BCUT2D eigenvalue weighted by atomic mass is 9.96. The number of amides is 1. The third-order valence-electron chi connectivity index (χ3n) is 4.54. The van der Waals surface area contributed by atoms with Gasteiger partial charge in [0.15, 0.2) is 0 Å². The molecular weight excluding hydrogens is 324 g/mol. The number of thiol groups is 1. The van der Waals surface area contributed by atoms with Gasteiger partial charge in [-0.1, -0.05) is 6.92 Å². The number of ether oxygens (including phenoxy) is 2. The van der Waals surface area contributed by atoms with Crippen molar-refractivity contribution in [2.45, 2.75) is 31.1 Å². The summed E-state index contributed by atoms with van der Waals surface area (Å²) in [7, 11) is 3.12. The molecule has 0 radical (unpaired) electrons. The van der Waals surface area contributed by atoms with Crippen LogP contribution in [-0.4, -0.2) is 51.2 Å². The smallest absolute Gasteiger partial charge is 0.256 e. The number of carbonyl (C=O) groups is 1. The topological polar surface area (TPSA) is 50.8 Å². The van der Waals surface area contributed by atoms with Gasteiger partial charge in [0.2, 0.25) is 0 Å². The van der Waals surface area contributed by atoms with Crippen molar-refractivity contribution in [1.82, 2.24) is 10.2 Å². The second-order valence-corrected chi connectivity index (χ2v) is 6.70. The van der Waals surface area contributed by atoms with E-state index in [2.05, 4.69) is 29.8 Å². The summed E-state index contributed by atoms with van der Waals surface area (Å²) in [6.45, 7) is 6.33. The van der Waals surface area contributed by atoms with Crippen LogP contribution in [0.4, 0.5) is 0 Å². The fraction of sp³-hybridized carbons (Fsp3) is 0.611. The molecule has 1 aliphatic rings. The minimum Gasteiger partial charge on any atom is -0.497 e. The molecule has 134 valence electrons. The third-order valence-corrected chi connectivity index (χ3v) is 4.89. The fourth-order valence-corrected chi connectivity index (χ4v) is 3.48. The number of hydrogen-bond acceptors (Lipinski definition) is 5. The van der Waals surface area contributed by atoms with Gasteiger partial charge in [0.05, 0.1) is 19.8 Å². The van der Waals surface area contributed by atoms with Crippen LogP contribution in [0, 0.1) is 5.92 Å². The second-order valence-electron chi connectivity index (χ2n) is 6.22. The van der Waals surface area contributed by atoms with E-state index in [1.807, 2.05) is 0 Å². The first-order chi connectivity index (χ1) is 11.6. The summed E-state index contributed by atoms with van der Waals surface area (Å²) in [5.41, 5.74) is 0.463. The molecule has 0 bridgehead atoms. The zero-order valence-electron chi connectivity index (χ0n) is 14.8. The van der Waals surface area contributed by atoms with Gasteiger partial charge in [-0.3, -0.25) is 4.79 Å². The van der Waals surface area contributed by atoms with E-state index in [1.165, 1.54) is 13.0 Å². The first-order valence-electron chi connectivity index (χ1n) is 8.54. The van der Waals surface area contributed by atoms with Gasteiger partial charge >= 0.3 is 0 Å². The van der Waals surface area contributed by atoms with Gasteiger partial charge in [0, 0.05) is 17.5 Å². The van der Waals surface area contributed by atoms with E-state index in [9.17, 15) is 4.79 Å². The number of likely N-dealkylation sites (tertiary alicyclic amines) is 1. The highest BCUT2D eigenvalue weighted by atomic mass is 32.1. The van der Waals surface area contributed by atoms with Crippen molar-refractivity contribution in [2.24, 2.45) is 5.92 Å². The highest BCUT2D eigenvalue weighted by Gasteiger charge is 2.21. The molecule has 1 saturated heterocycles. The lowest BCUT2D eigenvalue weighted by Crippen LogP contribution is -2.39. The largest absolute Gasteiger partial charge is 0.497 e. The maximum Gasteiger partial charge on any atom is 0.256 e. The Labute approximate surface area is 150 Å². The zero-order chi connectivity index (χ0) is 17.5. The number of nitrogens with zero attached hydrogens (tertiary/aromatic N) is 1. The molecule has 5 nitrogen and oxygen atoms in total. The predicted molar refractivity (Wildman–Crippen MR) is 98.6 cm³/mol. The summed E-state index contributed by atoms with van der Waals surface area (Å²) in [6, 6.07) is 3.43. The van der Waals surface area contributed by atoms with E-state index in [1.54, 1.807) is 26.4 Å². The molecule has 6 heteroatoms. The summed E-state index contributed by atoms with van der Waals surface area (Å²) < 4.78 is 10.5. The average Bonchev–Trinajstić information content (AvgIpc) is 2.60. The molecule has 2 rings (SSSR count). The molecule has 1 aliphatic heterocycles. The maximum absolute atomic E-state index is 12.6. The Morgan fingerprint density at radius 3 is 2.58 bits per heavy atom. The van der Waals surface area contributed by atoms with Gasteiger partial charge in [-0.25, -0.2) is 0 Å². The summed E-state index contributed by atoms with van der Waals surface area (Å²) >= 11 is 4.41. The maximum atomic E-state index is 12.6. The van der Waals surface area contributed by atoms with Crippen LogP contribution in [0.25, 0.3) is 0 Å². The Kier molecular flexibility index (Phi) is 7.24. The van der Waals surface area contributed by atoms with E-state index >= 15 is 0 Å². The van der Waals surface area contributed by atoms with Crippen LogP contribution in [0.3, 0.4) is 0 Å². The molecule has 1 N–H and O–H groups in total. The van der Waals surface area contributed by atoms with E-state index in [0.717, 1.165) is 25.9 Å². The van der Waals surface area contributed by atoms with Crippen LogP contribution in [-0.2, 0) is 0 Å². The van der Waals surface area contributed by atoms with Crippen molar-refractivity contribution in [1.29, 1.82) is 0 Å². The number of piperidine rings is 1. The summed E-state index contributed by atoms with van der Waals surface area (Å²) in [5, 5.41) is 3.04. The SMILES string of the molecule is CCCN1CCC(CNC(=O)c2c(S)cc(OC)cc2OC)CC1. The molecule has 24 heavy (non-hydrogen) atoms. The van der Waals surface area contributed by atoms with E-state index < -0.39 is 0 Å². The van der Waals surface area contributed by atoms with Crippen molar-refractivity contribution in [2.75, 3.05) is 40.4 Å². The number of benzene rings is 1. The lowest BCUT2D eigenvalue weighted by molar-refractivity contribution is 0.0930. The van der Waals surface area contributed by atoms with Crippen molar-refractivity contribution in [3.05, 3.63) is 17.7 Å². The molecule has 0 saturated carbocycles. The van der Waals surface area contributed by atoms with Gasteiger partial charge < -0.3 is 19.7 Å². The van der Waals surface area contributed by atoms with Gasteiger partial charge in [-0.15, -0.1) is 12.6 Å². The summed E-state index contributed by atoms with van der Waals surface area (Å²) in [5.74, 6) is 1.50. The Balaban J connectivity index is 1.94. The quantitative estimate of drug-likeness (QED) is 0.741. The van der Waals surface area contributed by atoms with Gasteiger partial charge in [0.1, 0.15) is 11.5 Å². The molecule has 1 aromatic carbocycles. The molecule has 1 heterocycles. The Morgan fingerprint density at radius 1 is 1.29 bits per heavy atom. The van der Waals surface area contributed by atoms with Crippen LogP contribution in [0.1, 0.15) is 36.5 Å². The molecular formula is C18H28N2O3S. The summed E-state index contributed by atoms with van der Waals surface area (Å²) in [4.78, 5) is 15.6. The predicted octanol–water partition coefficient (Wildman–Crippen LogP) is 2.84. The number of carbonyl (C=O) groups excluding carboxylic acids is 1. The van der Waals surface area contributed by atoms with Gasteiger partial charge in [-0.05, 0) is 50.9 Å². The Morgan fingerprint density at radius 2 is 2.00 bits per heavy atom. The fourth-order valence-electron chi connectivity index (χ4n) is 3.14. The third kappa shape index (κ3) is 4.80.